The lowest BCUT2D eigenvalue weighted by molar-refractivity contribution is -0.399. The van der Waals surface area contributed by atoms with Gasteiger partial charge in [-0.3, -0.25) is 19.2 Å². The zero-order chi connectivity index (χ0) is 42.5. The molecule has 0 aromatic carbocycles. The molecule has 0 aromatic heterocycles. The third-order valence-electron chi connectivity index (χ3n) is 18.7. The number of ketones is 3. The van der Waals surface area contributed by atoms with Crippen molar-refractivity contribution >= 4 is 23.3 Å². The predicted octanol–water partition coefficient (Wildman–Crippen LogP) is 6.82. The quantitative estimate of drug-likeness (QED) is 0.232. The van der Waals surface area contributed by atoms with Crippen LogP contribution in [0.5, 0.6) is 0 Å². The molecule has 3 spiro atoms. The number of hydrogen-bond donors (Lipinski definition) is 1. The van der Waals surface area contributed by atoms with E-state index in [1.807, 2.05) is 27.7 Å². The second kappa shape index (κ2) is 12.0. The molecule has 0 amide bonds. The van der Waals surface area contributed by atoms with E-state index in [0.29, 0.717) is 36.5 Å². The monoisotopic (exact) mass is 818 g/mol. The molecular formula is C48H66O11. The van der Waals surface area contributed by atoms with E-state index in [4.69, 9.17) is 28.4 Å². The first-order chi connectivity index (χ1) is 27.3. The maximum absolute atomic E-state index is 13.9. The van der Waals surface area contributed by atoms with Crippen molar-refractivity contribution in [3.05, 3.63) is 24.3 Å². The van der Waals surface area contributed by atoms with Gasteiger partial charge in [-0.05, 0) is 100 Å². The van der Waals surface area contributed by atoms with Crippen LogP contribution in [0.4, 0.5) is 0 Å². The van der Waals surface area contributed by atoms with Gasteiger partial charge < -0.3 is 33.5 Å². The van der Waals surface area contributed by atoms with Crippen molar-refractivity contribution in [3.63, 3.8) is 0 Å². The highest BCUT2D eigenvalue weighted by Crippen LogP contribution is 2.78. The van der Waals surface area contributed by atoms with Crippen LogP contribution in [0.15, 0.2) is 24.3 Å². The number of carbonyl (C=O) groups excluding carboxylic acids is 4. The second-order valence-electron chi connectivity index (χ2n) is 23.3. The average Bonchev–Trinajstić information content (AvgIpc) is 3.56. The smallest absolute Gasteiger partial charge is 0.302 e. The number of aliphatic hydroxyl groups is 1. The van der Waals surface area contributed by atoms with Gasteiger partial charge in [0.2, 0.25) is 0 Å². The lowest BCUT2D eigenvalue weighted by atomic mass is 9.39. The van der Waals surface area contributed by atoms with Gasteiger partial charge in [0.05, 0.1) is 48.5 Å². The molecule has 0 aromatic rings. The molecule has 8 saturated carbocycles. The molecule has 11 nitrogen and oxygen atoms in total. The van der Waals surface area contributed by atoms with Gasteiger partial charge in [0, 0.05) is 54.3 Å². The number of carbonyl (C=O) groups is 4. The first-order valence-electron chi connectivity index (χ1n) is 22.6. The molecule has 0 radical (unpaired) electrons. The standard InChI is InChI=1S/C25H34O6.C23H32O5/c1-13-15-10-16(27)19-24(12-29-14(2)26)9-7-8-22(3,4)17(24)11-18-25(19,20(13)28)21(15)31-23(5,6)30-18;1-12-13-10-22(25)18-21(11-26-22)8-6-7-19(2,3)14(21)9-15-23(18,16(12)24)17(13)28-20(4,5)27-15/h15,17-19,21H,1,7-12H2,2-6H3;13-15,17-18,25H,1,6-11H2,2-5H3/t15-,17+,18+,19-,21+,24-,25+;13-,14+,15+,17+,18+,21-,22+,23+/m00/s1. The van der Waals surface area contributed by atoms with Gasteiger partial charge in [-0.1, -0.05) is 53.7 Å². The summed E-state index contributed by atoms with van der Waals surface area (Å²) in [6.45, 7) is 27.3. The number of fused-ring (bicyclic) bond motifs is 2. The Bertz CT molecular complexity index is 1960. The topological polar surface area (TPSA) is 144 Å². The summed E-state index contributed by atoms with van der Waals surface area (Å²) in [5.41, 5.74) is -1.51. The predicted molar refractivity (Wildman–Crippen MR) is 213 cm³/mol. The Kier molecular flexibility index (Phi) is 8.32. The molecule has 3 aliphatic heterocycles. The van der Waals surface area contributed by atoms with E-state index in [-0.39, 0.29) is 88.5 Å². The molecule has 8 aliphatic carbocycles. The Balaban J connectivity index is 0.000000143. The summed E-state index contributed by atoms with van der Waals surface area (Å²) in [7, 11) is 0. The Labute approximate surface area is 349 Å². The molecule has 324 valence electrons. The van der Waals surface area contributed by atoms with Crippen molar-refractivity contribution in [2.75, 3.05) is 13.2 Å². The molecule has 11 heteroatoms. The molecular weight excluding hydrogens is 753 g/mol. The van der Waals surface area contributed by atoms with E-state index in [0.717, 1.165) is 44.9 Å². The van der Waals surface area contributed by atoms with Gasteiger partial charge in [-0.15, -0.1) is 0 Å². The van der Waals surface area contributed by atoms with Crippen LogP contribution in [0.1, 0.15) is 127 Å². The number of esters is 1. The summed E-state index contributed by atoms with van der Waals surface area (Å²) < 4.78 is 37.8. The van der Waals surface area contributed by atoms with Crippen LogP contribution in [-0.2, 0) is 47.6 Å². The molecule has 11 fully saturated rings. The molecule has 3 saturated heterocycles. The summed E-state index contributed by atoms with van der Waals surface area (Å²) >= 11 is 0. The Morgan fingerprint density at radius 1 is 0.746 bits per heavy atom. The molecule has 4 bridgehead atoms. The zero-order valence-electron chi connectivity index (χ0n) is 36.7. The number of rotatable bonds is 2. The van der Waals surface area contributed by atoms with Crippen LogP contribution >= 0.6 is 0 Å². The molecule has 11 aliphatic rings. The molecule has 59 heavy (non-hydrogen) atoms. The van der Waals surface area contributed by atoms with Crippen molar-refractivity contribution in [2.45, 2.75) is 168 Å². The summed E-state index contributed by atoms with van der Waals surface area (Å²) in [5, 5.41) is 11.8. The molecule has 11 rings (SSSR count). The molecule has 15 atom stereocenters. The fourth-order valence-electron chi connectivity index (χ4n) is 17.2. The summed E-state index contributed by atoms with van der Waals surface area (Å²) in [6.07, 6.45) is 6.83. The van der Waals surface area contributed by atoms with Gasteiger partial charge >= 0.3 is 5.97 Å². The first-order valence-corrected chi connectivity index (χ1v) is 22.6. The minimum absolute atomic E-state index is 0.0584. The summed E-state index contributed by atoms with van der Waals surface area (Å²) in [6, 6.07) is 0. The average molecular weight is 819 g/mol. The minimum Gasteiger partial charge on any atom is -0.465 e. The lowest BCUT2D eigenvalue weighted by Crippen LogP contribution is -2.75. The van der Waals surface area contributed by atoms with Crippen LogP contribution in [0.25, 0.3) is 0 Å². The van der Waals surface area contributed by atoms with Crippen molar-refractivity contribution < 1.29 is 52.7 Å². The Morgan fingerprint density at radius 2 is 1.29 bits per heavy atom. The van der Waals surface area contributed by atoms with Gasteiger partial charge in [-0.25, -0.2) is 0 Å². The highest BCUT2D eigenvalue weighted by Gasteiger charge is 2.85. The highest BCUT2D eigenvalue weighted by atomic mass is 16.7. The fraction of sp³-hybridized carbons (Fsp3) is 0.833. The number of hydrogen-bond acceptors (Lipinski definition) is 11. The fourth-order valence-corrected chi connectivity index (χ4v) is 17.2. The summed E-state index contributed by atoms with van der Waals surface area (Å²) in [5.74, 6) is -4.00. The minimum atomic E-state index is -1.28. The van der Waals surface area contributed by atoms with E-state index in [1.54, 1.807) is 0 Å². The second-order valence-corrected chi connectivity index (χ2v) is 23.3. The van der Waals surface area contributed by atoms with Crippen LogP contribution in [0.2, 0.25) is 0 Å². The van der Waals surface area contributed by atoms with Crippen molar-refractivity contribution in [1.82, 2.24) is 0 Å². The summed E-state index contributed by atoms with van der Waals surface area (Å²) in [4.78, 5) is 53.5. The van der Waals surface area contributed by atoms with E-state index in [2.05, 4.69) is 40.9 Å². The highest BCUT2D eigenvalue weighted by molar-refractivity contribution is 6.10. The third-order valence-corrected chi connectivity index (χ3v) is 18.7. The maximum Gasteiger partial charge on any atom is 0.302 e. The van der Waals surface area contributed by atoms with Crippen LogP contribution in [0.3, 0.4) is 0 Å². The van der Waals surface area contributed by atoms with E-state index >= 15 is 0 Å². The molecule has 3 heterocycles. The van der Waals surface area contributed by atoms with Crippen molar-refractivity contribution in [2.24, 2.45) is 68.0 Å². The maximum atomic E-state index is 13.9. The van der Waals surface area contributed by atoms with E-state index < -0.39 is 51.7 Å². The normalized spacial score (nSPS) is 52.0. The first kappa shape index (κ1) is 40.8. The van der Waals surface area contributed by atoms with Crippen LogP contribution < -0.4 is 0 Å². The lowest BCUT2D eigenvalue weighted by Gasteiger charge is -2.68. The van der Waals surface area contributed by atoms with E-state index in [1.165, 1.54) is 6.92 Å². The van der Waals surface area contributed by atoms with Gasteiger partial charge in [0.15, 0.2) is 28.9 Å². The van der Waals surface area contributed by atoms with Gasteiger partial charge in [-0.2, -0.15) is 0 Å². The SMILES string of the molecule is C=C1C(=O)[C@@]23[C@@H]4OC(C)(C)O[C@@H]2C[C@@H]2C(C)(C)CCC[C@@]2(COC(C)=O)[C@@H]3C(=O)C[C@@H]14.C=C1C(=O)[C@@]23[C@@H]4OC(C)(C)O[C@@H]2C[C@@H]2C(C)(C)CCC[C@]25CO[C@](O)(C[C@@H]14)[C@@H]53. The Morgan fingerprint density at radius 3 is 1.93 bits per heavy atom. The largest absolute Gasteiger partial charge is 0.465 e. The van der Waals surface area contributed by atoms with E-state index in [9.17, 15) is 24.3 Å². The molecule has 1 N–H and O–H groups in total. The van der Waals surface area contributed by atoms with Crippen LogP contribution in [-0.4, -0.2) is 83.4 Å². The zero-order valence-corrected chi connectivity index (χ0v) is 36.7. The number of ether oxygens (including phenoxy) is 6. The van der Waals surface area contributed by atoms with Gasteiger partial charge in [0.25, 0.3) is 0 Å². The molecule has 0 unspecified atom stereocenters. The van der Waals surface area contributed by atoms with Crippen molar-refractivity contribution in [1.29, 1.82) is 0 Å². The van der Waals surface area contributed by atoms with Gasteiger partial charge in [0.1, 0.15) is 5.78 Å². The Hall–Kier alpha value is -2.28. The number of Topliss-reactive ketones (excluding diaryl/α,β-unsaturated/α-hetero) is 3. The third kappa shape index (κ3) is 4.87. The van der Waals surface area contributed by atoms with Crippen molar-refractivity contribution in [3.8, 4) is 0 Å². The van der Waals surface area contributed by atoms with Crippen LogP contribution in [0, 0.1) is 68.0 Å².